The van der Waals surface area contributed by atoms with Crippen molar-refractivity contribution in [1.82, 2.24) is 14.7 Å². The summed E-state index contributed by atoms with van der Waals surface area (Å²) in [5.74, 6) is 0.170. The zero-order chi connectivity index (χ0) is 15.2. The molecule has 21 heavy (non-hydrogen) atoms. The first kappa shape index (κ1) is 16.0. The Morgan fingerprint density at radius 3 is 2.81 bits per heavy atom. The number of rotatable bonds is 6. The lowest BCUT2D eigenvalue weighted by molar-refractivity contribution is -0.129. The van der Waals surface area contributed by atoms with Crippen LogP contribution in [0.2, 0.25) is 0 Å². The third-order valence-electron chi connectivity index (χ3n) is 3.53. The molecule has 1 saturated heterocycles. The normalized spacial score (nSPS) is 14.5. The van der Waals surface area contributed by atoms with Crippen LogP contribution >= 0.6 is 15.9 Å². The molecule has 0 aromatic carbocycles. The van der Waals surface area contributed by atoms with Crippen LogP contribution in [0.25, 0.3) is 0 Å². The first-order valence-electron chi connectivity index (χ1n) is 7.40. The molecule has 0 spiro atoms. The fourth-order valence-electron chi connectivity index (χ4n) is 2.39. The lowest BCUT2D eigenvalue weighted by atomic mass is 10.3. The van der Waals surface area contributed by atoms with E-state index in [-0.39, 0.29) is 11.5 Å². The standard InChI is InChI=1S/C14H21BrN4O2/c1-2-7-19-14(21)13(15)11(10-17-19)16-6-5-12(20)18-8-3-4-9-18/h10,16H,2-9H2,1H3. The second-order valence-corrected chi connectivity index (χ2v) is 5.96. The van der Waals surface area contributed by atoms with E-state index in [0.29, 0.717) is 29.7 Å². The number of anilines is 1. The number of carbonyl (C=O) groups excluding carboxylic acids is 1. The molecule has 1 aromatic rings. The quantitative estimate of drug-likeness (QED) is 0.844. The van der Waals surface area contributed by atoms with Gasteiger partial charge in [-0.2, -0.15) is 5.10 Å². The van der Waals surface area contributed by atoms with Crippen molar-refractivity contribution in [2.45, 2.75) is 39.2 Å². The minimum absolute atomic E-state index is 0.146. The molecule has 0 aliphatic carbocycles. The Morgan fingerprint density at radius 1 is 1.43 bits per heavy atom. The molecule has 6 nitrogen and oxygen atoms in total. The average molecular weight is 357 g/mol. The van der Waals surface area contributed by atoms with Crippen molar-refractivity contribution in [2.75, 3.05) is 25.0 Å². The van der Waals surface area contributed by atoms with Gasteiger partial charge >= 0.3 is 0 Å². The number of nitrogens with zero attached hydrogens (tertiary/aromatic N) is 3. The van der Waals surface area contributed by atoms with Crippen molar-refractivity contribution in [3.8, 4) is 0 Å². The van der Waals surface area contributed by atoms with Gasteiger partial charge in [0.05, 0.1) is 11.9 Å². The number of amides is 1. The van der Waals surface area contributed by atoms with Gasteiger partial charge in [0, 0.05) is 32.6 Å². The van der Waals surface area contributed by atoms with Crippen molar-refractivity contribution < 1.29 is 4.79 Å². The zero-order valence-electron chi connectivity index (χ0n) is 12.3. The predicted molar refractivity (Wildman–Crippen MR) is 85.4 cm³/mol. The number of likely N-dealkylation sites (tertiary alicyclic amines) is 1. The molecule has 7 heteroatoms. The SMILES string of the molecule is CCCn1ncc(NCCC(=O)N2CCCC2)c(Br)c1=O. The van der Waals surface area contributed by atoms with Crippen LogP contribution in [0, 0.1) is 0 Å². The molecule has 2 heterocycles. The third-order valence-corrected chi connectivity index (χ3v) is 4.30. The van der Waals surface area contributed by atoms with Gasteiger partial charge in [0.25, 0.3) is 5.56 Å². The van der Waals surface area contributed by atoms with Crippen LogP contribution in [-0.2, 0) is 11.3 Å². The summed E-state index contributed by atoms with van der Waals surface area (Å²) in [5.41, 5.74) is 0.495. The minimum Gasteiger partial charge on any atom is -0.382 e. The van der Waals surface area contributed by atoms with Crippen LogP contribution in [0.15, 0.2) is 15.5 Å². The topological polar surface area (TPSA) is 67.2 Å². The van der Waals surface area contributed by atoms with Crippen LogP contribution in [0.3, 0.4) is 0 Å². The first-order valence-corrected chi connectivity index (χ1v) is 8.20. The van der Waals surface area contributed by atoms with E-state index in [0.717, 1.165) is 32.4 Å². The number of aryl methyl sites for hydroxylation is 1. The number of halogens is 1. The number of hydrogen-bond donors (Lipinski definition) is 1. The monoisotopic (exact) mass is 356 g/mol. The summed E-state index contributed by atoms with van der Waals surface area (Å²) in [7, 11) is 0. The highest BCUT2D eigenvalue weighted by Gasteiger charge is 2.17. The van der Waals surface area contributed by atoms with E-state index in [1.54, 1.807) is 6.20 Å². The highest BCUT2D eigenvalue weighted by molar-refractivity contribution is 9.10. The Labute approximate surface area is 132 Å². The molecule has 1 N–H and O–H groups in total. The minimum atomic E-state index is -0.146. The van der Waals surface area contributed by atoms with Gasteiger partial charge in [-0.1, -0.05) is 6.92 Å². The van der Waals surface area contributed by atoms with Crippen LogP contribution < -0.4 is 10.9 Å². The maximum absolute atomic E-state index is 12.0. The molecule has 1 aliphatic heterocycles. The Hall–Kier alpha value is -1.37. The number of nitrogens with one attached hydrogen (secondary N) is 1. The summed E-state index contributed by atoms with van der Waals surface area (Å²) in [6, 6.07) is 0. The van der Waals surface area contributed by atoms with Crippen LogP contribution in [-0.4, -0.2) is 40.2 Å². The molecule has 116 valence electrons. The number of carbonyl (C=O) groups is 1. The molecular formula is C14H21BrN4O2. The second-order valence-electron chi connectivity index (χ2n) is 5.17. The lowest BCUT2D eigenvalue weighted by Crippen LogP contribution is -2.29. The second kappa shape index (κ2) is 7.59. The van der Waals surface area contributed by atoms with Gasteiger partial charge in [0.15, 0.2) is 0 Å². The largest absolute Gasteiger partial charge is 0.382 e. The number of hydrogen-bond acceptors (Lipinski definition) is 4. The average Bonchev–Trinajstić information content (AvgIpc) is 3.00. The van der Waals surface area contributed by atoms with Gasteiger partial charge in [0.1, 0.15) is 4.47 Å². The Bertz CT molecular complexity index is 552. The van der Waals surface area contributed by atoms with E-state index in [2.05, 4.69) is 26.3 Å². The molecular weight excluding hydrogens is 336 g/mol. The van der Waals surface area contributed by atoms with E-state index in [1.807, 2.05) is 11.8 Å². The predicted octanol–water partition coefficient (Wildman–Crippen LogP) is 1.84. The smallest absolute Gasteiger partial charge is 0.283 e. The van der Waals surface area contributed by atoms with Gasteiger partial charge in [0.2, 0.25) is 5.91 Å². The van der Waals surface area contributed by atoms with Gasteiger partial charge in [-0.15, -0.1) is 0 Å². The van der Waals surface area contributed by atoms with Gasteiger partial charge < -0.3 is 10.2 Å². The fourth-order valence-corrected chi connectivity index (χ4v) is 2.84. The van der Waals surface area contributed by atoms with Gasteiger partial charge in [-0.05, 0) is 35.2 Å². The molecule has 2 rings (SSSR count). The van der Waals surface area contributed by atoms with Gasteiger partial charge in [-0.3, -0.25) is 9.59 Å². The van der Waals surface area contributed by atoms with E-state index in [9.17, 15) is 9.59 Å². The third kappa shape index (κ3) is 4.06. The van der Waals surface area contributed by atoms with E-state index >= 15 is 0 Å². The summed E-state index contributed by atoms with van der Waals surface area (Å²) < 4.78 is 1.91. The molecule has 0 bridgehead atoms. The summed E-state index contributed by atoms with van der Waals surface area (Å²) >= 11 is 3.30. The molecule has 1 fully saturated rings. The van der Waals surface area contributed by atoms with Crippen molar-refractivity contribution in [1.29, 1.82) is 0 Å². The molecule has 1 amide bonds. The maximum Gasteiger partial charge on any atom is 0.283 e. The number of aromatic nitrogens is 2. The van der Waals surface area contributed by atoms with Gasteiger partial charge in [-0.25, -0.2) is 4.68 Å². The van der Waals surface area contributed by atoms with Crippen molar-refractivity contribution in [3.63, 3.8) is 0 Å². The van der Waals surface area contributed by atoms with Crippen molar-refractivity contribution in [2.24, 2.45) is 0 Å². The maximum atomic E-state index is 12.0. The summed E-state index contributed by atoms with van der Waals surface area (Å²) in [5, 5.41) is 7.23. The molecule has 1 aromatic heterocycles. The highest BCUT2D eigenvalue weighted by Crippen LogP contribution is 2.16. The summed E-state index contributed by atoms with van der Waals surface area (Å²) in [6.45, 7) is 4.85. The van der Waals surface area contributed by atoms with Crippen LogP contribution in [0.1, 0.15) is 32.6 Å². The summed E-state index contributed by atoms with van der Waals surface area (Å²) in [4.78, 5) is 25.8. The van der Waals surface area contributed by atoms with E-state index < -0.39 is 0 Å². The molecule has 0 unspecified atom stereocenters. The molecule has 1 aliphatic rings. The van der Waals surface area contributed by atoms with Crippen LogP contribution in [0.5, 0.6) is 0 Å². The highest BCUT2D eigenvalue weighted by atomic mass is 79.9. The molecule has 0 radical (unpaired) electrons. The zero-order valence-corrected chi connectivity index (χ0v) is 13.9. The fraction of sp³-hybridized carbons (Fsp3) is 0.643. The van der Waals surface area contributed by atoms with E-state index in [4.69, 9.17) is 0 Å². The first-order chi connectivity index (χ1) is 10.1. The van der Waals surface area contributed by atoms with Crippen molar-refractivity contribution >= 4 is 27.5 Å². The van der Waals surface area contributed by atoms with E-state index in [1.165, 1.54) is 4.68 Å². The molecule has 0 atom stereocenters. The molecule has 0 saturated carbocycles. The Morgan fingerprint density at radius 2 is 2.14 bits per heavy atom. The van der Waals surface area contributed by atoms with Crippen LogP contribution in [0.4, 0.5) is 5.69 Å². The Kier molecular flexibility index (Phi) is 5.78. The lowest BCUT2D eigenvalue weighted by Gasteiger charge is -2.15. The van der Waals surface area contributed by atoms with Crippen molar-refractivity contribution in [3.05, 3.63) is 21.0 Å². The summed E-state index contributed by atoms with van der Waals surface area (Å²) in [6.07, 6.45) is 5.12. The Balaban J connectivity index is 1.89.